The van der Waals surface area contributed by atoms with E-state index in [1.54, 1.807) is 20.3 Å². The second kappa shape index (κ2) is 10.5. The predicted octanol–water partition coefficient (Wildman–Crippen LogP) is 2.64. The number of amides is 1. The molecule has 2 aromatic carbocycles. The molecule has 0 spiro atoms. The molecule has 0 atom stereocenters. The molecule has 0 aliphatic carbocycles. The molecule has 0 saturated heterocycles. The Morgan fingerprint density at radius 2 is 1.94 bits per heavy atom. The van der Waals surface area contributed by atoms with Gasteiger partial charge in [-0.1, -0.05) is 11.8 Å². The summed E-state index contributed by atoms with van der Waals surface area (Å²) in [6.45, 7) is 2.57. The van der Waals surface area contributed by atoms with E-state index < -0.39 is 0 Å². The maximum Gasteiger partial charge on any atom is 0.250 e. The molecular formula is C21H23N5O5S. The standard InChI is InChI=1S/C21H23N5O5S/c1-4-26-20(13-6-8-17(30-2)18(9-13)31-3)24-25-21(26)32-12-19(29)23-22-11-14-5-7-15(27)10-16(14)28/h5-11,27-28H,4,12H2,1-3H3,(H,23,29)/b22-11-. The lowest BCUT2D eigenvalue weighted by atomic mass is 10.2. The largest absolute Gasteiger partial charge is 0.508 e. The minimum absolute atomic E-state index is 0.0624. The molecule has 3 rings (SSSR count). The highest BCUT2D eigenvalue weighted by Gasteiger charge is 2.16. The number of phenols is 2. The van der Waals surface area contributed by atoms with Crippen LogP contribution in [0.25, 0.3) is 11.4 Å². The summed E-state index contributed by atoms with van der Waals surface area (Å²) in [5, 5.41) is 31.9. The zero-order valence-corrected chi connectivity index (χ0v) is 18.6. The monoisotopic (exact) mass is 457 g/mol. The minimum atomic E-state index is -0.345. The number of carbonyl (C=O) groups excluding carboxylic acids is 1. The lowest BCUT2D eigenvalue weighted by Crippen LogP contribution is -2.20. The van der Waals surface area contributed by atoms with Gasteiger partial charge in [0.2, 0.25) is 0 Å². The molecule has 10 nitrogen and oxygen atoms in total. The van der Waals surface area contributed by atoms with Crippen LogP contribution in [0.3, 0.4) is 0 Å². The van der Waals surface area contributed by atoms with E-state index in [-0.39, 0.29) is 23.2 Å². The molecule has 32 heavy (non-hydrogen) atoms. The first-order valence-electron chi connectivity index (χ1n) is 9.59. The third kappa shape index (κ3) is 5.30. The Bertz CT molecular complexity index is 1130. The number of ether oxygens (including phenoxy) is 2. The molecule has 11 heteroatoms. The summed E-state index contributed by atoms with van der Waals surface area (Å²) < 4.78 is 12.5. The van der Waals surface area contributed by atoms with E-state index >= 15 is 0 Å². The number of methoxy groups -OCH3 is 2. The molecule has 3 N–H and O–H groups in total. The Morgan fingerprint density at radius 1 is 1.16 bits per heavy atom. The van der Waals surface area contributed by atoms with Crippen molar-refractivity contribution in [2.75, 3.05) is 20.0 Å². The highest BCUT2D eigenvalue weighted by molar-refractivity contribution is 7.99. The van der Waals surface area contributed by atoms with Gasteiger partial charge in [-0.15, -0.1) is 10.2 Å². The molecule has 1 heterocycles. The Morgan fingerprint density at radius 3 is 2.62 bits per heavy atom. The summed E-state index contributed by atoms with van der Waals surface area (Å²) in [6.07, 6.45) is 1.29. The highest BCUT2D eigenvalue weighted by atomic mass is 32.2. The SMILES string of the molecule is CCn1c(SCC(=O)N/N=C\c2ccc(O)cc2O)nnc1-c1ccc(OC)c(OC)c1. The van der Waals surface area contributed by atoms with Crippen molar-refractivity contribution >= 4 is 23.9 Å². The topological polar surface area (TPSA) is 131 Å². The fourth-order valence-electron chi connectivity index (χ4n) is 2.85. The number of aromatic hydroxyl groups is 2. The molecule has 0 bridgehead atoms. The van der Waals surface area contributed by atoms with Crippen LogP contribution in [0, 0.1) is 0 Å². The van der Waals surface area contributed by atoms with E-state index in [0.717, 1.165) is 5.56 Å². The quantitative estimate of drug-likeness (QED) is 0.254. The van der Waals surface area contributed by atoms with Crippen LogP contribution in [0.5, 0.6) is 23.0 Å². The van der Waals surface area contributed by atoms with Gasteiger partial charge in [0.25, 0.3) is 5.91 Å². The molecule has 1 aromatic heterocycles. The van der Waals surface area contributed by atoms with Crippen LogP contribution in [-0.2, 0) is 11.3 Å². The third-order valence-corrected chi connectivity index (χ3v) is 5.38. The first-order valence-corrected chi connectivity index (χ1v) is 10.6. The van der Waals surface area contributed by atoms with Gasteiger partial charge in [-0.2, -0.15) is 5.10 Å². The van der Waals surface area contributed by atoms with Crippen LogP contribution in [0.2, 0.25) is 0 Å². The van der Waals surface area contributed by atoms with Gasteiger partial charge in [-0.05, 0) is 37.3 Å². The molecule has 1 amide bonds. The molecular weight excluding hydrogens is 434 g/mol. The summed E-state index contributed by atoms with van der Waals surface area (Å²) in [4.78, 5) is 12.1. The zero-order chi connectivity index (χ0) is 23.1. The van der Waals surface area contributed by atoms with Gasteiger partial charge in [-0.25, -0.2) is 5.43 Å². The molecule has 0 saturated carbocycles. The first-order chi connectivity index (χ1) is 15.5. The summed E-state index contributed by atoms with van der Waals surface area (Å²) >= 11 is 1.23. The van der Waals surface area contributed by atoms with Crippen molar-refractivity contribution in [3.63, 3.8) is 0 Å². The van der Waals surface area contributed by atoms with E-state index in [1.165, 1.54) is 36.2 Å². The van der Waals surface area contributed by atoms with Crippen molar-refractivity contribution in [2.45, 2.75) is 18.6 Å². The van der Waals surface area contributed by atoms with Crippen LogP contribution in [0.15, 0.2) is 46.7 Å². The molecule has 0 unspecified atom stereocenters. The van der Waals surface area contributed by atoms with Crippen molar-refractivity contribution in [1.82, 2.24) is 20.2 Å². The maximum absolute atomic E-state index is 12.1. The van der Waals surface area contributed by atoms with E-state index in [4.69, 9.17) is 9.47 Å². The number of nitrogens with zero attached hydrogens (tertiary/aromatic N) is 4. The Balaban J connectivity index is 1.65. The van der Waals surface area contributed by atoms with E-state index in [1.807, 2.05) is 23.6 Å². The average molecular weight is 458 g/mol. The van der Waals surface area contributed by atoms with Gasteiger partial charge >= 0.3 is 0 Å². The minimum Gasteiger partial charge on any atom is -0.508 e. The van der Waals surface area contributed by atoms with Gasteiger partial charge in [0.15, 0.2) is 22.5 Å². The van der Waals surface area contributed by atoms with Gasteiger partial charge in [-0.3, -0.25) is 4.79 Å². The smallest absolute Gasteiger partial charge is 0.250 e. The second-order valence-corrected chi connectivity index (χ2v) is 7.39. The predicted molar refractivity (Wildman–Crippen MR) is 120 cm³/mol. The van der Waals surface area contributed by atoms with Crippen molar-refractivity contribution in [2.24, 2.45) is 5.10 Å². The van der Waals surface area contributed by atoms with Crippen molar-refractivity contribution in [3.05, 3.63) is 42.0 Å². The van der Waals surface area contributed by atoms with Crippen LogP contribution >= 0.6 is 11.8 Å². The number of hydrogen-bond acceptors (Lipinski definition) is 9. The third-order valence-electron chi connectivity index (χ3n) is 4.41. The van der Waals surface area contributed by atoms with Crippen LogP contribution < -0.4 is 14.9 Å². The summed E-state index contributed by atoms with van der Waals surface area (Å²) in [5.41, 5.74) is 3.57. The van der Waals surface area contributed by atoms with Crippen LogP contribution in [0.1, 0.15) is 12.5 Å². The number of thioether (sulfide) groups is 1. The fraction of sp³-hybridized carbons (Fsp3) is 0.238. The van der Waals surface area contributed by atoms with Crippen LogP contribution in [-0.4, -0.2) is 57.1 Å². The Labute approximate surface area is 188 Å². The summed E-state index contributed by atoms with van der Waals surface area (Å²) in [6, 6.07) is 9.57. The van der Waals surface area contributed by atoms with Crippen molar-refractivity contribution < 1.29 is 24.5 Å². The van der Waals surface area contributed by atoms with E-state index in [0.29, 0.717) is 34.6 Å². The van der Waals surface area contributed by atoms with Crippen molar-refractivity contribution in [1.29, 1.82) is 0 Å². The second-order valence-electron chi connectivity index (χ2n) is 6.45. The number of hydrazone groups is 1. The number of benzene rings is 2. The Hall–Kier alpha value is -3.73. The number of rotatable bonds is 9. The lowest BCUT2D eigenvalue weighted by Gasteiger charge is -2.10. The molecule has 168 valence electrons. The average Bonchev–Trinajstić information content (AvgIpc) is 3.21. The first kappa shape index (κ1) is 22.9. The molecule has 0 radical (unpaired) electrons. The highest BCUT2D eigenvalue weighted by Crippen LogP contribution is 2.32. The van der Waals surface area contributed by atoms with Crippen molar-refractivity contribution in [3.8, 4) is 34.4 Å². The maximum atomic E-state index is 12.1. The summed E-state index contributed by atoms with van der Waals surface area (Å²) in [5.74, 6) is 1.37. The van der Waals surface area contributed by atoms with E-state index in [9.17, 15) is 15.0 Å². The van der Waals surface area contributed by atoms with Gasteiger partial charge in [0.05, 0.1) is 26.2 Å². The molecule has 0 aliphatic rings. The number of aromatic nitrogens is 3. The van der Waals surface area contributed by atoms with Gasteiger partial charge in [0, 0.05) is 23.7 Å². The van der Waals surface area contributed by atoms with Gasteiger partial charge in [0.1, 0.15) is 11.5 Å². The summed E-state index contributed by atoms with van der Waals surface area (Å²) in [7, 11) is 3.14. The zero-order valence-electron chi connectivity index (χ0n) is 17.8. The number of phenolic OH excluding ortho intramolecular Hbond substituents is 2. The van der Waals surface area contributed by atoms with Crippen LogP contribution in [0.4, 0.5) is 0 Å². The lowest BCUT2D eigenvalue weighted by molar-refractivity contribution is -0.118. The van der Waals surface area contributed by atoms with Gasteiger partial charge < -0.3 is 24.3 Å². The Kier molecular flexibility index (Phi) is 7.55. The molecule has 3 aromatic rings. The van der Waals surface area contributed by atoms with E-state index in [2.05, 4.69) is 20.7 Å². The molecule has 0 aliphatic heterocycles. The normalized spacial score (nSPS) is 11.0. The number of hydrogen-bond donors (Lipinski definition) is 3. The number of carbonyl (C=O) groups is 1. The number of nitrogens with one attached hydrogen (secondary N) is 1. The molecule has 0 fully saturated rings. The fourth-order valence-corrected chi connectivity index (χ4v) is 3.64.